The fraction of sp³-hybridized carbons (Fsp3) is 0.250. The summed E-state index contributed by atoms with van der Waals surface area (Å²) in [4.78, 5) is 4.61. The Kier molecular flexibility index (Phi) is 4.78. The van der Waals surface area contributed by atoms with Gasteiger partial charge in [-0.05, 0) is 78.3 Å². The molecule has 1 heterocycles. The number of nitrogens with two attached hydrogens (primary N) is 1. The highest BCUT2D eigenvalue weighted by atomic mass is 127. The van der Waals surface area contributed by atoms with Crippen molar-refractivity contribution in [2.45, 2.75) is 25.8 Å². The zero-order valence-corrected chi connectivity index (χ0v) is 16.3. The Balaban J connectivity index is 1.99. The van der Waals surface area contributed by atoms with Crippen molar-refractivity contribution in [3.63, 3.8) is 0 Å². The first-order chi connectivity index (χ1) is 11.4. The molecule has 0 spiro atoms. The standard InChI is InChI=1S/C20H21IN2O/c1-13-9-15-7-8-16(11-18(15)23-19(13)24-3)20(2,22)12-14-5-4-6-17(21)10-14/h4-11H,12,22H2,1-3H3. The molecular weight excluding hydrogens is 411 g/mol. The Morgan fingerprint density at radius 3 is 2.67 bits per heavy atom. The van der Waals surface area contributed by atoms with Gasteiger partial charge in [0.15, 0.2) is 0 Å². The van der Waals surface area contributed by atoms with Crippen LogP contribution in [0, 0.1) is 10.5 Å². The van der Waals surface area contributed by atoms with E-state index < -0.39 is 5.54 Å². The lowest BCUT2D eigenvalue weighted by Gasteiger charge is -2.26. The van der Waals surface area contributed by atoms with Gasteiger partial charge in [-0.3, -0.25) is 0 Å². The van der Waals surface area contributed by atoms with Crippen LogP contribution in [-0.2, 0) is 12.0 Å². The number of aryl methyl sites for hydroxylation is 1. The van der Waals surface area contributed by atoms with Crippen LogP contribution in [0.2, 0.25) is 0 Å². The maximum atomic E-state index is 6.65. The number of benzene rings is 2. The fourth-order valence-electron chi connectivity index (χ4n) is 2.99. The van der Waals surface area contributed by atoms with Gasteiger partial charge in [0.1, 0.15) is 0 Å². The van der Waals surface area contributed by atoms with Crippen LogP contribution < -0.4 is 10.5 Å². The molecule has 0 radical (unpaired) electrons. The maximum absolute atomic E-state index is 6.65. The molecule has 0 saturated heterocycles. The van der Waals surface area contributed by atoms with Crippen molar-refractivity contribution in [2.75, 3.05) is 7.11 Å². The number of methoxy groups -OCH3 is 1. The highest BCUT2D eigenvalue weighted by Crippen LogP contribution is 2.28. The lowest BCUT2D eigenvalue weighted by Crippen LogP contribution is -2.35. The van der Waals surface area contributed by atoms with Crippen molar-refractivity contribution in [1.29, 1.82) is 0 Å². The van der Waals surface area contributed by atoms with Crippen LogP contribution in [0.25, 0.3) is 10.9 Å². The third kappa shape index (κ3) is 3.54. The molecule has 1 unspecified atom stereocenters. The number of aromatic nitrogens is 1. The smallest absolute Gasteiger partial charge is 0.216 e. The van der Waals surface area contributed by atoms with Crippen molar-refractivity contribution in [2.24, 2.45) is 5.73 Å². The van der Waals surface area contributed by atoms with E-state index in [1.807, 2.05) is 6.92 Å². The summed E-state index contributed by atoms with van der Waals surface area (Å²) in [5.41, 5.74) is 10.4. The number of rotatable bonds is 4. The van der Waals surface area contributed by atoms with Gasteiger partial charge in [0.25, 0.3) is 0 Å². The molecular formula is C20H21IN2O. The van der Waals surface area contributed by atoms with Crippen molar-refractivity contribution in [1.82, 2.24) is 4.98 Å². The molecule has 0 fully saturated rings. The number of fused-ring (bicyclic) bond motifs is 1. The summed E-state index contributed by atoms with van der Waals surface area (Å²) in [6, 6.07) is 16.8. The van der Waals surface area contributed by atoms with E-state index >= 15 is 0 Å². The summed E-state index contributed by atoms with van der Waals surface area (Å²) in [5.74, 6) is 0.663. The van der Waals surface area contributed by atoms with Crippen LogP contribution in [0.3, 0.4) is 0 Å². The molecule has 0 aliphatic rings. The molecule has 0 amide bonds. The van der Waals surface area contributed by atoms with Gasteiger partial charge in [-0.1, -0.05) is 24.3 Å². The molecule has 0 aliphatic carbocycles. The van der Waals surface area contributed by atoms with Gasteiger partial charge in [-0.2, -0.15) is 0 Å². The highest BCUT2D eigenvalue weighted by molar-refractivity contribution is 14.1. The minimum atomic E-state index is -0.460. The van der Waals surface area contributed by atoms with E-state index in [1.54, 1.807) is 7.11 Å². The first-order valence-electron chi connectivity index (χ1n) is 7.88. The SMILES string of the molecule is COc1nc2cc(C(C)(N)Cc3cccc(I)c3)ccc2cc1C. The molecule has 0 saturated carbocycles. The van der Waals surface area contributed by atoms with E-state index in [2.05, 4.69) is 83.0 Å². The molecule has 24 heavy (non-hydrogen) atoms. The summed E-state index contributed by atoms with van der Waals surface area (Å²) in [5, 5.41) is 1.10. The lowest BCUT2D eigenvalue weighted by atomic mass is 9.86. The molecule has 3 nitrogen and oxygen atoms in total. The van der Waals surface area contributed by atoms with Crippen LogP contribution in [0.4, 0.5) is 0 Å². The highest BCUT2D eigenvalue weighted by Gasteiger charge is 2.22. The van der Waals surface area contributed by atoms with E-state index in [-0.39, 0.29) is 0 Å². The van der Waals surface area contributed by atoms with Crippen molar-refractivity contribution >= 4 is 33.5 Å². The molecule has 3 aromatic rings. The van der Waals surface area contributed by atoms with Crippen LogP contribution in [0.15, 0.2) is 48.5 Å². The third-order valence-electron chi connectivity index (χ3n) is 4.27. The molecule has 2 N–H and O–H groups in total. The topological polar surface area (TPSA) is 48.1 Å². The van der Waals surface area contributed by atoms with Crippen molar-refractivity contribution in [3.8, 4) is 5.88 Å². The second-order valence-corrected chi connectivity index (χ2v) is 7.69. The molecule has 124 valence electrons. The van der Waals surface area contributed by atoms with Gasteiger partial charge in [0.05, 0.1) is 12.6 Å². The molecule has 0 aliphatic heterocycles. The van der Waals surface area contributed by atoms with Gasteiger partial charge < -0.3 is 10.5 Å². The first kappa shape index (κ1) is 17.2. The zero-order chi connectivity index (χ0) is 17.3. The molecule has 4 heteroatoms. The van der Waals surface area contributed by atoms with Gasteiger partial charge in [-0.25, -0.2) is 4.98 Å². The Hall–Kier alpha value is -1.66. The number of hydrogen-bond donors (Lipinski definition) is 1. The van der Waals surface area contributed by atoms with E-state index in [0.29, 0.717) is 5.88 Å². The first-order valence-corrected chi connectivity index (χ1v) is 8.96. The summed E-state index contributed by atoms with van der Waals surface area (Å²) < 4.78 is 6.57. The maximum Gasteiger partial charge on any atom is 0.216 e. The lowest BCUT2D eigenvalue weighted by molar-refractivity contribution is 0.396. The predicted octanol–water partition coefficient (Wildman–Crippen LogP) is 4.57. The number of ether oxygens (including phenoxy) is 1. The summed E-state index contributed by atoms with van der Waals surface area (Å²) in [6.45, 7) is 4.07. The Bertz CT molecular complexity index is 890. The third-order valence-corrected chi connectivity index (χ3v) is 4.95. The van der Waals surface area contributed by atoms with Gasteiger partial charge in [0, 0.05) is 20.1 Å². The summed E-state index contributed by atoms with van der Waals surface area (Å²) in [6.07, 6.45) is 0.776. The fourth-order valence-corrected chi connectivity index (χ4v) is 3.60. The van der Waals surface area contributed by atoms with Crippen LogP contribution in [0.1, 0.15) is 23.6 Å². The minimum absolute atomic E-state index is 0.460. The molecule has 2 aromatic carbocycles. The number of pyridine rings is 1. The Labute approximate surface area is 156 Å². The predicted molar refractivity (Wildman–Crippen MR) is 107 cm³/mol. The average molecular weight is 432 g/mol. The van der Waals surface area contributed by atoms with E-state index in [4.69, 9.17) is 10.5 Å². The molecule has 0 bridgehead atoms. The zero-order valence-electron chi connectivity index (χ0n) is 14.1. The largest absolute Gasteiger partial charge is 0.481 e. The Morgan fingerprint density at radius 2 is 1.96 bits per heavy atom. The Morgan fingerprint density at radius 1 is 1.17 bits per heavy atom. The van der Waals surface area contributed by atoms with Gasteiger partial charge >= 0.3 is 0 Å². The summed E-state index contributed by atoms with van der Waals surface area (Å²) >= 11 is 2.33. The molecule has 1 aromatic heterocycles. The van der Waals surface area contributed by atoms with E-state index in [9.17, 15) is 0 Å². The second kappa shape index (κ2) is 6.69. The second-order valence-electron chi connectivity index (χ2n) is 6.45. The number of hydrogen-bond acceptors (Lipinski definition) is 3. The normalized spacial score (nSPS) is 13.7. The van der Waals surface area contributed by atoms with Crippen LogP contribution in [0.5, 0.6) is 5.88 Å². The van der Waals surface area contributed by atoms with Gasteiger partial charge in [-0.15, -0.1) is 0 Å². The van der Waals surface area contributed by atoms with Gasteiger partial charge in [0.2, 0.25) is 5.88 Å². The van der Waals surface area contributed by atoms with Crippen LogP contribution >= 0.6 is 22.6 Å². The molecule has 3 rings (SSSR count). The van der Waals surface area contributed by atoms with E-state index in [0.717, 1.165) is 28.5 Å². The minimum Gasteiger partial charge on any atom is -0.481 e. The number of halogens is 1. The average Bonchev–Trinajstić information content (AvgIpc) is 2.53. The van der Waals surface area contributed by atoms with Crippen molar-refractivity contribution < 1.29 is 4.74 Å². The molecule has 1 atom stereocenters. The monoisotopic (exact) mass is 432 g/mol. The van der Waals surface area contributed by atoms with Crippen molar-refractivity contribution in [3.05, 3.63) is 68.8 Å². The number of nitrogens with zero attached hydrogens (tertiary/aromatic N) is 1. The quantitative estimate of drug-likeness (QED) is 0.615. The van der Waals surface area contributed by atoms with E-state index in [1.165, 1.54) is 9.13 Å². The summed E-state index contributed by atoms with van der Waals surface area (Å²) in [7, 11) is 1.65. The van der Waals surface area contributed by atoms with Crippen LogP contribution in [-0.4, -0.2) is 12.1 Å².